The third-order valence-corrected chi connectivity index (χ3v) is 9.04. The molecule has 0 atom stereocenters. The van der Waals surface area contributed by atoms with Crippen LogP contribution in [0.15, 0.2) is 60.7 Å². The molecule has 0 nitrogen and oxygen atoms in total. The molecule has 2 aromatic rings. The largest absolute Gasteiger partial charge is 0.200 e. The van der Waals surface area contributed by atoms with Gasteiger partial charge in [0.25, 0.3) is 0 Å². The van der Waals surface area contributed by atoms with Gasteiger partial charge in [-0.1, -0.05) is 60.7 Å². The molecule has 0 aliphatic rings. The first kappa shape index (κ1) is 13.5. The Balaban J connectivity index is 2.04. The standard InChI is InChI=1S/C14H14I2Si/c15-17(16,11-13-7-3-1-4-8-13)12-14-9-5-2-6-10-14/h1-10H,11-12H2. The van der Waals surface area contributed by atoms with Crippen molar-refractivity contribution in [2.75, 3.05) is 0 Å². The normalized spacial score (nSPS) is 11.4. The quantitative estimate of drug-likeness (QED) is 0.345. The first-order valence-electron chi connectivity index (χ1n) is 5.61. The van der Waals surface area contributed by atoms with Crippen molar-refractivity contribution in [3.05, 3.63) is 71.8 Å². The van der Waals surface area contributed by atoms with E-state index < -0.39 is 3.07 Å². The van der Waals surface area contributed by atoms with Gasteiger partial charge in [-0.05, 0) is 23.2 Å². The van der Waals surface area contributed by atoms with Crippen molar-refractivity contribution >= 4 is 46.7 Å². The zero-order chi connectivity index (χ0) is 12.1. The third kappa shape index (κ3) is 4.71. The van der Waals surface area contributed by atoms with Gasteiger partial charge in [0.2, 0.25) is 0 Å². The van der Waals surface area contributed by atoms with Gasteiger partial charge in [0.1, 0.15) is 0 Å². The summed E-state index contributed by atoms with van der Waals surface area (Å²) in [7, 11) is 0. The van der Waals surface area contributed by atoms with Gasteiger partial charge in [-0.25, -0.2) is 0 Å². The number of rotatable bonds is 4. The molecule has 0 aromatic heterocycles. The van der Waals surface area contributed by atoms with Gasteiger partial charge < -0.3 is 0 Å². The lowest BCUT2D eigenvalue weighted by Crippen LogP contribution is -2.25. The van der Waals surface area contributed by atoms with Crippen LogP contribution in [0.4, 0.5) is 0 Å². The van der Waals surface area contributed by atoms with Gasteiger partial charge in [-0.3, -0.25) is 0 Å². The molecular weight excluding hydrogens is 450 g/mol. The van der Waals surface area contributed by atoms with Crippen molar-refractivity contribution in [1.82, 2.24) is 0 Å². The second kappa shape index (κ2) is 6.33. The molecule has 0 heterocycles. The molecule has 0 saturated carbocycles. The van der Waals surface area contributed by atoms with Crippen molar-refractivity contribution in [1.29, 1.82) is 0 Å². The Kier molecular flexibility index (Phi) is 5.05. The van der Waals surface area contributed by atoms with Crippen LogP contribution in [0.2, 0.25) is 0 Å². The highest BCUT2D eigenvalue weighted by Gasteiger charge is 2.26. The second-order valence-corrected chi connectivity index (χ2v) is 25.2. The molecule has 0 saturated heterocycles. The summed E-state index contributed by atoms with van der Waals surface area (Å²) in [6.07, 6.45) is 0. The van der Waals surface area contributed by atoms with E-state index in [1.807, 2.05) is 0 Å². The maximum Gasteiger partial charge on any atom is 0.200 e. The summed E-state index contributed by atoms with van der Waals surface area (Å²) in [5.41, 5.74) is 2.94. The van der Waals surface area contributed by atoms with Gasteiger partial charge in [0.05, 0.1) is 0 Å². The predicted octanol–water partition coefficient (Wildman–Crippen LogP) is 4.86. The average Bonchev–Trinajstić information content (AvgIpc) is 2.30. The van der Waals surface area contributed by atoms with Gasteiger partial charge in [-0.15, -0.1) is 43.6 Å². The summed E-state index contributed by atoms with van der Waals surface area (Å²) in [5, 5.41) is 0. The van der Waals surface area contributed by atoms with E-state index in [0.717, 1.165) is 0 Å². The Hall–Kier alpha value is 0.117. The van der Waals surface area contributed by atoms with Crippen LogP contribution in [0.5, 0.6) is 0 Å². The summed E-state index contributed by atoms with van der Waals surface area (Å²) in [6.45, 7) is 0. The van der Waals surface area contributed by atoms with Crippen LogP contribution in [0.25, 0.3) is 0 Å². The van der Waals surface area contributed by atoms with E-state index >= 15 is 0 Å². The fourth-order valence-corrected chi connectivity index (χ4v) is 8.93. The van der Waals surface area contributed by atoms with E-state index in [9.17, 15) is 0 Å². The van der Waals surface area contributed by atoms with Crippen molar-refractivity contribution in [2.24, 2.45) is 0 Å². The molecule has 0 aliphatic heterocycles. The van der Waals surface area contributed by atoms with Crippen LogP contribution < -0.4 is 0 Å². The SMILES string of the molecule is I[Si](I)(Cc1ccccc1)Cc1ccccc1. The molecule has 0 unspecified atom stereocenters. The Morgan fingerprint density at radius 1 is 0.647 bits per heavy atom. The number of benzene rings is 2. The van der Waals surface area contributed by atoms with E-state index in [-0.39, 0.29) is 0 Å². The molecule has 0 spiro atoms. The number of hydrogen-bond acceptors (Lipinski definition) is 0. The lowest BCUT2D eigenvalue weighted by molar-refractivity contribution is 1.30. The third-order valence-electron chi connectivity index (χ3n) is 2.61. The molecule has 0 aliphatic carbocycles. The Labute approximate surface area is 129 Å². The van der Waals surface area contributed by atoms with Crippen molar-refractivity contribution in [2.45, 2.75) is 12.1 Å². The van der Waals surface area contributed by atoms with E-state index in [1.165, 1.54) is 23.2 Å². The summed E-state index contributed by atoms with van der Waals surface area (Å²) in [4.78, 5) is 0. The van der Waals surface area contributed by atoms with Gasteiger partial charge in [0.15, 0.2) is 3.07 Å². The van der Waals surface area contributed by atoms with Crippen molar-refractivity contribution in [3.63, 3.8) is 0 Å². The molecular formula is C14H14I2Si. The highest BCUT2D eigenvalue weighted by atomic mass is 127. The second-order valence-electron chi connectivity index (χ2n) is 4.18. The molecule has 2 aromatic carbocycles. The fraction of sp³-hybridized carbons (Fsp3) is 0.143. The Morgan fingerprint density at radius 3 is 1.35 bits per heavy atom. The molecule has 0 fully saturated rings. The van der Waals surface area contributed by atoms with Crippen LogP contribution in [0.3, 0.4) is 0 Å². The lowest BCUT2D eigenvalue weighted by atomic mass is 10.2. The fourth-order valence-electron chi connectivity index (χ4n) is 1.85. The lowest BCUT2D eigenvalue weighted by Gasteiger charge is -2.18. The minimum Gasteiger partial charge on any atom is -0.104 e. The molecule has 17 heavy (non-hydrogen) atoms. The van der Waals surface area contributed by atoms with Crippen LogP contribution in [-0.2, 0) is 12.1 Å². The molecule has 0 N–H and O–H groups in total. The summed E-state index contributed by atoms with van der Waals surface area (Å²) >= 11 is 5.42. The molecule has 2 rings (SSSR count). The molecule has 0 amide bonds. The van der Waals surface area contributed by atoms with E-state index in [0.29, 0.717) is 0 Å². The Morgan fingerprint density at radius 2 is 1.00 bits per heavy atom. The molecule has 0 bridgehead atoms. The molecule has 88 valence electrons. The highest BCUT2D eigenvalue weighted by Crippen LogP contribution is 2.30. The van der Waals surface area contributed by atoms with Crippen LogP contribution in [-0.4, -0.2) is 3.07 Å². The first-order valence-corrected chi connectivity index (χ1v) is 14.3. The average molecular weight is 464 g/mol. The van der Waals surface area contributed by atoms with Crippen molar-refractivity contribution in [3.8, 4) is 0 Å². The zero-order valence-electron chi connectivity index (χ0n) is 9.44. The minimum atomic E-state index is -1.24. The van der Waals surface area contributed by atoms with Gasteiger partial charge in [0, 0.05) is 0 Å². The Bertz CT molecular complexity index is 411. The number of halogens is 2. The highest BCUT2D eigenvalue weighted by molar-refractivity contribution is 14.3. The predicted molar refractivity (Wildman–Crippen MR) is 94.1 cm³/mol. The van der Waals surface area contributed by atoms with E-state index in [4.69, 9.17) is 0 Å². The van der Waals surface area contributed by atoms with Crippen LogP contribution in [0.1, 0.15) is 11.1 Å². The van der Waals surface area contributed by atoms with E-state index in [1.54, 1.807) is 0 Å². The van der Waals surface area contributed by atoms with Crippen molar-refractivity contribution < 1.29 is 0 Å². The summed E-state index contributed by atoms with van der Waals surface area (Å²) < 4.78 is -1.24. The zero-order valence-corrected chi connectivity index (χ0v) is 14.8. The molecule has 0 radical (unpaired) electrons. The maximum absolute atomic E-state index is 2.71. The number of hydrogen-bond donors (Lipinski definition) is 0. The smallest absolute Gasteiger partial charge is 0.104 e. The molecule has 3 heteroatoms. The summed E-state index contributed by atoms with van der Waals surface area (Å²) in [6, 6.07) is 24.2. The van der Waals surface area contributed by atoms with Crippen LogP contribution in [0, 0.1) is 0 Å². The van der Waals surface area contributed by atoms with Gasteiger partial charge in [-0.2, -0.15) is 0 Å². The maximum atomic E-state index is 2.71. The van der Waals surface area contributed by atoms with E-state index in [2.05, 4.69) is 104 Å². The topological polar surface area (TPSA) is 0 Å². The first-order chi connectivity index (χ1) is 8.16. The monoisotopic (exact) mass is 464 g/mol. The van der Waals surface area contributed by atoms with Crippen LogP contribution >= 0.6 is 43.6 Å². The minimum absolute atomic E-state index is 1.24. The van der Waals surface area contributed by atoms with Gasteiger partial charge >= 0.3 is 0 Å². The summed E-state index contributed by atoms with van der Waals surface area (Å²) in [5.74, 6) is 0.